The quantitative estimate of drug-likeness (QED) is 0.699. The Balaban J connectivity index is 0.000000921. The lowest BCUT2D eigenvalue weighted by atomic mass is 10.1. The van der Waals surface area contributed by atoms with Crippen LogP contribution in [0.2, 0.25) is 0 Å². The van der Waals surface area contributed by atoms with Crippen molar-refractivity contribution in [2.45, 2.75) is 40.7 Å². The van der Waals surface area contributed by atoms with E-state index in [-0.39, 0.29) is 12.6 Å². The van der Waals surface area contributed by atoms with Gasteiger partial charge in [-0.25, -0.2) is 24.3 Å². The van der Waals surface area contributed by atoms with Crippen LogP contribution in [0, 0.1) is 6.92 Å². The number of rotatable bonds is 6. The zero-order chi connectivity index (χ0) is 20.8. The van der Waals surface area contributed by atoms with Crippen LogP contribution in [0.1, 0.15) is 33.3 Å². The molecule has 0 amide bonds. The number of aryl methyl sites for hydroxylation is 1. The normalized spacial score (nSPS) is 15.9. The number of nitrogens with zero attached hydrogens (tertiary/aromatic N) is 6. The van der Waals surface area contributed by atoms with Crippen LogP contribution in [-0.2, 0) is 4.74 Å². The largest absolute Gasteiger partial charge is 0.377 e. The van der Waals surface area contributed by atoms with Crippen molar-refractivity contribution in [3.05, 3.63) is 36.5 Å². The van der Waals surface area contributed by atoms with E-state index in [1.165, 1.54) is 6.33 Å². The smallest absolute Gasteiger partial charge is 0.225 e. The predicted molar refractivity (Wildman–Crippen MR) is 112 cm³/mol. The second-order valence-electron chi connectivity index (χ2n) is 5.69. The van der Waals surface area contributed by atoms with Crippen LogP contribution in [0.15, 0.2) is 31.0 Å². The van der Waals surface area contributed by atoms with E-state index in [4.69, 9.17) is 4.74 Å². The SMILES string of the molecule is CC.CC.Cc1cnc(N2CCN(c3ccncn3)C(COCCF)C2)nc1. The maximum atomic E-state index is 12.4. The molecule has 1 unspecified atom stereocenters. The van der Waals surface area contributed by atoms with Crippen molar-refractivity contribution < 1.29 is 9.13 Å². The molecule has 0 N–H and O–H groups in total. The fraction of sp³-hybridized carbons (Fsp3) is 0.600. The van der Waals surface area contributed by atoms with Gasteiger partial charge in [-0.15, -0.1) is 0 Å². The summed E-state index contributed by atoms with van der Waals surface area (Å²) in [5.74, 6) is 1.56. The molecule has 1 fully saturated rings. The van der Waals surface area contributed by atoms with E-state index in [0.29, 0.717) is 19.1 Å². The number of ether oxygens (including phenoxy) is 1. The number of hydrogen-bond acceptors (Lipinski definition) is 7. The van der Waals surface area contributed by atoms with Crippen LogP contribution < -0.4 is 9.80 Å². The summed E-state index contributed by atoms with van der Waals surface area (Å²) >= 11 is 0. The van der Waals surface area contributed by atoms with Crippen LogP contribution >= 0.6 is 0 Å². The zero-order valence-corrected chi connectivity index (χ0v) is 17.7. The van der Waals surface area contributed by atoms with Crippen LogP contribution in [0.4, 0.5) is 16.2 Å². The van der Waals surface area contributed by atoms with Gasteiger partial charge in [0.2, 0.25) is 5.95 Å². The van der Waals surface area contributed by atoms with Crippen molar-refractivity contribution in [1.29, 1.82) is 0 Å². The Morgan fingerprint density at radius 3 is 2.43 bits per heavy atom. The molecule has 0 aliphatic carbocycles. The fourth-order valence-corrected chi connectivity index (χ4v) is 2.76. The molecule has 156 valence electrons. The summed E-state index contributed by atoms with van der Waals surface area (Å²) in [6.07, 6.45) is 6.88. The van der Waals surface area contributed by atoms with Crippen LogP contribution in [-0.4, -0.2) is 65.5 Å². The Labute approximate surface area is 168 Å². The van der Waals surface area contributed by atoms with Gasteiger partial charge in [0.05, 0.1) is 19.3 Å². The van der Waals surface area contributed by atoms with Gasteiger partial charge in [0.15, 0.2) is 0 Å². The third kappa shape index (κ3) is 6.99. The minimum absolute atomic E-state index is 0.0464. The van der Waals surface area contributed by atoms with Gasteiger partial charge in [-0.3, -0.25) is 0 Å². The standard InChI is InChI=1S/C16H21FN6O.2C2H6/c1-13-8-19-16(20-9-13)22-5-6-23(15-2-4-18-12-21-15)14(10-22)11-24-7-3-17;2*1-2/h2,4,8-9,12,14H,3,5-7,10-11H2,1H3;2*1-2H3. The highest BCUT2D eigenvalue weighted by molar-refractivity contribution is 5.43. The van der Waals surface area contributed by atoms with Gasteiger partial charge in [0.25, 0.3) is 0 Å². The molecule has 1 aliphatic rings. The maximum absolute atomic E-state index is 12.4. The molecule has 1 atom stereocenters. The molecule has 1 aliphatic heterocycles. The third-order valence-corrected chi connectivity index (χ3v) is 3.93. The first-order chi connectivity index (χ1) is 13.8. The Kier molecular flexibility index (Phi) is 11.6. The van der Waals surface area contributed by atoms with E-state index < -0.39 is 6.67 Å². The molecule has 1 saturated heterocycles. The van der Waals surface area contributed by atoms with E-state index in [9.17, 15) is 4.39 Å². The lowest BCUT2D eigenvalue weighted by Gasteiger charge is -2.41. The monoisotopic (exact) mass is 392 g/mol. The van der Waals surface area contributed by atoms with Gasteiger partial charge in [0.1, 0.15) is 18.8 Å². The Morgan fingerprint density at radius 2 is 1.82 bits per heavy atom. The Bertz CT molecular complexity index is 628. The van der Waals surface area contributed by atoms with Crippen LogP contribution in [0.25, 0.3) is 0 Å². The Hall–Kier alpha value is -2.35. The summed E-state index contributed by atoms with van der Waals surface area (Å²) in [7, 11) is 0. The first kappa shape index (κ1) is 23.7. The molecule has 0 bridgehead atoms. The highest BCUT2D eigenvalue weighted by Gasteiger charge is 2.29. The summed E-state index contributed by atoms with van der Waals surface area (Å²) in [6, 6.07) is 1.92. The molecule has 3 heterocycles. The molecule has 2 aromatic rings. The molecule has 0 radical (unpaired) electrons. The lowest BCUT2D eigenvalue weighted by Crippen LogP contribution is -2.56. The van der Waals surface area contributed by atoms with E-state index in [1.54, 1.807) is 6.20 Å². The number of hydrogen-bond donors (Lipinski definition) is 0. The third-order valence-electron chi connectivity index (χ3n) is 3.93. The van der Waals surface area contributed by atoms with E-state index in [1.807, 2.05) is 53.1 Å². The summed E-state index contributed by atoms with van der Waals surface area (Å²) in [5.41, 5.74) is 1.03. The summed E-state index contributed by atoms with van der Waals surface area (Å²) < 4.78 is 17.8. The molecule has 0 aromatic carbocycles. The van der Waals surface area contributed by atoms with Gasteiger partial charge < -0.3 is 14.5 Å². The molecular weight excluding hydrogens is 359 g/mol. The second-order valence-corrected chi connectivity index (χ2v) is 5.69. The van der Waals surface area contributed by atoms with Gasteiger partial charge in [-0.1, -0.05) is 27.7 Å². The molecule has 28 heavy (non-hydrogen) atoms. The number of piperazine rings is 1. The van der Waals surface area contributed by atoms with Crippen molar-refractivity contribution in [1.82, 2.24) is 19.9 Å². The first-order valence-corrected chi connectivity index (χ1v) is 9.98. The predicted octanol–water partition coefficient (Wildman–Crippen LogP) is 3.31. The van der Waals surface area contributed by atoms with Crippen molar-refractivity contribution in [3.8, 4) is 0 Å². The van der Waals surface area contributed by atoms with E-state index in [0.717, 1.165) is 24.5 Å². The highest BCUT2D eigenvalue weighted by atomic mass is 19.1. The number of alkyl halides is 1. The number of halogens is 1. The average molecular weight is 393 g/mol. The maximum Gasteiger partial charge on any atom is 0.225 e. The summed E-state index contributed by atoms with van der Waals surface area (Å²) in [5, 5.41) is 0. The van der Waals surface area contributed by atoms with Crippen molar-refractivity contribution in [2.75, 3.05) is 49.3 Å². The molecule has 8 heteroatoms. The lowest BCUT2D eigenvalue weighted by molar-refractivity contribution is 0.104. The molecule has 3 rings (SSSR count). The summed E-state index contributed by atoms with van der Waals surface area (Å²) in [4.78, 5) is 21.4. The molecule has 7 nitrogen and oxygen atoms in total. The van der Waals surface area contributed by atoms with Crippen LogP contribution in [0.3, 0.4) is 0 Å². The molecule has 0 spiro atoms. The molecular formula is C20H33FN6O. The van der Waals surface area contributed by atoms with Gasteiger partial charge in [-0.2, -0.15) is 0 Å². The van der Waals surface area contributed by atoms with E-state index in [2.05, 4.69) is 29.7 Å². The van der Waals surface area contributed by atoms with Crippen LogP contribution in [0.5, 0.6) is 0 Å². The van der Waals surface area contributed by atoms with Gasteiger partial charge in [0, 0.05) is 38.2 Å². The fourth-order valence-electron chi connectivity index (χ4n) is 2.76. The Morgan fingerprint density at radius 1 is 1.11 bits per heavy atom. The van der Waals surface area contributed by atoms with Crippen molar-refractivity contribution in [3.63, 3.8) is 0 Å². The highest BCUT2D eigenvalue weighted by Crippen LogP contribution is 2.20. The second kappa shape index (κ2) is 13.8. The minimum Gasteiger partial charge on any atom is -0.377 e. The number of aromatic nitrogens is 4. The summed E-state index contributed by atoms with van der Waals surface area (Å²) in [6.45, 7) is 12.3. The number of anilines is 2. The average Bonchev–Trinajstić information content (AvgIpc) is 2.78. The van der Waals surface area contributed by atoms with E-state index >= 15 is 0 Å². The first-order valence-electron chi connectivity index (χ1n) is 9.98. The van der Waals surface area contributed by atoms with Crippen molar-refractivity contribution >= 4 is 11.8 Å². The molecule has 2 aromatic heterocycles. The van der Waals surface area contributed by atoms with Gasteiger partial charge >= 0.3 is 0 Å². The topological polar surface area (TPSA) is 67.3 Å². The van der Waals surface area contributed by atoms with Gasteiger partial charge in [-0.05, 0) is 18.6 Å². The molecule has 0 saturated carbocycles. The minimum atomic E-state index is -0.481. The van der Waals surface area contributed by atoms with Crippen molar-refractivity contribution in [2.24, 2.45) is 0 Å². The zero-order valence-electron chi connectivity index (χ0n) is 17.7.